The van der Waals surface area contributed by atoms with Crippen LogP contribution < -0.4 is 10.1 Å². The van der Waals surface area contributed by atoms with Crippen molar-refractivity contribution in [1.82, 2.24) is 10.2 Å². The van der Waals surface area contributed by atoms with E-state index >= 15 is 0 Å². The van der Waals surface area contributed by atoms with E-state index < -0.39 is 5.97 Å². The molecule has 3 rings (SSSR count). The first-order valence-electron chi connectivity index (χ1n) is 9.28. The summed E-state index contributed by atoms with van der Waals surface area (Å²) in [6.45, 7) is 2.86. The van der Waals surface area contributed by atoms with E-state index in [1.54, 1.807) is 0 Å². The van der Waals surface area contributed by atoms with Crippen molar-refractivity contribution in [1.29, 1.82) is 0 Å². The normalized spacial score (nSPS) is 10.5. The number of ether oxygens (including phenoxy) is 1. The number of amides is 1. The van der Waals surface area contributed by atoms with Gasteiger partial charge in [0.25, 0.3) is 5.91 Å². The molecule has 29 heavy (non-hydrogen) atoms. The molecule has 3 aromatic rings. The van der Waals surface area contributed by atoms with Crippen molar-refractivity contribution in [2.24, 2.45) is 0 Å². The fourth-order valence-corrected chi connectivity index (χ4v) is 3.30. The van der Waals surface area contributed by atoms with Crippen LogP contribution in [0.4, 0.5) is 5.13 Å². The molecule has 1 heterocycles. The molecule has 0 radical (unpaired) electrons. The first-order valence-corrected chi connectivity index (χ1v) is 10.1. The number of hydrogen-bond acceptors (Lipinski definition) is 6. The van der Waals surface area contributed by atoms with Gasteiger partial charge in [0.1, 0.15) is 10.8 Å². The summed E-state index contributed by atoms with van der Waals surface area (Å²) in [4.78, 5) is 23.2. The Morgan fingerprint density at radius 2 is 1.69 bits per heavy atom. The minimum atomic E-state index is -1.04. The Morgan fingerprint density at radius 3 is 2.34 bits per heavy atom. The van der Waals surface area contributed by atoms with Crippen LogP contribution in [-0.2, 0) is 0 Å². The van der Waals surface area contributed by atoms with Crippen LogP contribution in [0.3, 0.4) is 0 Å². The Morgan fingerprint density at radius 1 is 1.00 bits per heavy atom. The van der Waals surface area contributed by atoms with E-state index in [9.17, 15) is 9.59 Å². The molecule has 1 amide bonds. The highest BCUT2D eigenvalue weighted by atomic mass is 32.1. The van der Waals surface area contributed by atoms with Crippen LogP contribution in [0.1, 0.15) is 46.9 Å². The second-order valence-electron chi connectivity index (χ2n) is 6.33. The summed E-state index contributed by atoms with van der Waals surface area (Å²) in [5.41, 5.74) is 1.35. The van der Waals surface area contributed by atoms with Gasteiger partial charge >= 0.3 is 5.97 Å². The SMILES string of the molecule is CCCCCOc1ccc(-c2nnc(NC(=O)c3ccc(C(=O)O)cc3)s2)cc1. The van der Waals surface area contributed by atoms with Gasteiger partial charge in [-0.3, -0.25) is 10.1 Å². The third-order valence-electron chi connectivity index (χ3n) is 4.16. The van der Waals surface area contributed by atoms with E-state index in [2.05, 4.69) is 22.4 Å². The number of nitrogens with one attached hydrogen (secondary N) is 1. The molecule has 8 heteroatoms. The highest BCUT2D eigenvalue weighted by molar-refractivity contribution is 7.18. The summed E-state index contributed by atoms with van der Waals surface area (Å²) < 4.78 is 5.70. The van der Waals surface area contributed by atoms with E-state index in [1.165, 1.54) is 35.6 Å². The largest absolute Gasteiger partial charge is 0.494 e. The van der Waals surface area contributed by atoms with Crippen molar-refractivity contribution in [2.45, 2.75) is 26.2 Å². The number of benzene rings is 2. The molecule has 2 N–H and O–H groups in total. The topological polar surface area (TPSA) is 101 Å². The molecule has 0 spiro atoms. The van der Waals surface area contributed by atoms with Crippen LogP contribution >= 0.6 is 11.3 Å². The van der Waals surface area contributed by atoms with E-state index in [0.717, 1.165) is 30.6 Å². The summed E-state index contributed by atoms with van der Waals surface area (Å²) in [5, 5.41) is 20.8. The van der Waals surface area contributed by atoms with Gasteiger partial charge in [0.15, 0.2) is 0 Å². The van der Waals surface area contributed by atoms with Crippen LogP contribution in [-0.4, -0.2) is 33.8 Å². The van der Waals surface area contributed by atoms with Gasteiger partial charge in [-0.2, -0.15) is 0 Å². The van der Waals surface area contributed by atoms with Gasteiger partial charge < -0.3 is 9.84 Å². The van der Waals surface area contributed by atoms with E-state index in [1.807, 2.05) is 24.3 Å². The minimum absolute atomic E-state index is 0.123. The maximum Gasteiger partial charge on any atom is 0.335 e. The molecule has 0 aliphatic carbocycles. The average molecular weight is 411 g/mol. The smallest absolute Gasteiger partial charge is 0.335 e. The molecule has 150 valence electrons. The zero-order valence-electron chi connectivity index (χ0n) is 15.9. The summed E-state index contributed by atoms with van der Waals surface area (Å²) >= 11 is 1.26. The lowest BCUT2D eigenvalue weighted by Gasteiger charge is -2.05. The molecule has 0 atom stereocenters. The van der Waals surface area contributed by atoms with Gasteiger partial charge in [-0.05, 0) is 55.0 Å². The van der Waals surface area contributed by atoms with Gasteiger partial charge in [-0.15, -0.1) is 10.2 Å². The highest BCUT2D eigenvalue weighted by Crippen LogP contribution is 2.28. The van der Waals surface area contributed by atoms with Crippen LogP contribution in [0.25, 0.3) is 10.6 Å². The van der Waals surface area contributed by atoms with E-state index in [-0.39, 0.29) is 11.5 Å². The van der Waals surface area contributed by atoms with Crippen molar-refractivity contribution in [2.75, 3.05) is 11.9 Å². The number of unbranched alkanes of at least 4 members (excludes halogenated alkanes) is 2. The van der Waals surface area contributed by atoms with Gasteiger partial charge in [-0.1, -0.05) is 31.1 Å². The Bertz CT molecular complexity index is 968. The van der Waals surface area contributed by atoms with Crippen LogP contribution in [0.2, 0.25) is 0 Å². The lowest BCUT2D eigenvalue weighted by Crippen LogP contribution is -2.12. The second-order valence-corrected chi connectivity index (χ2v) is 7.31. The van der Waals surface area contributed by atoms with Crippen molar-refractivity contribution in [3.05, 3.63) is 59.7 Å². The molecule has 0 unspecified atom stereocenters. The Labute approximate surface area is 172 Å². The number of hydrogen-bond donors (Lipinski definition) is 2. The lowest BCUT2D eigenvalue weighted by molar-refractivity contribution is 0.0696. The standard InChI is InChI=1S/C21H21N3O4S/c1-2-3-4-13-28-17-11-9-15(10-12-17)19-23-24-21(29-19)22-18(25)14-5-7-16(8-6-14)20(26)27/h5-12H,2-4,13H2,1H3,(H,26,27)(H,22,24,25). The summed E-state index contributed by atoms with van der Waals surface area (Å²) in [5.74, 6) is -0.601. The number of carboxylic acid groups (broad SMARTS) is 1. The minimum Gasteiger partial charge on any atom is -0.494 e. The van der Waals surface area contributed by atoms with Crippen molar-refractivity contribution in [3.8, 4) is 16.3 Å². The zero-order valence-corrected chi connectivity index (χ0v) is 16.7. The number of aromatic nitrogens is 2. The Kier molecular flexibility index (Phi) is 6.91. The Balaban J connectivity index is 1.60. The van der Waals surface area contributed by atoms with Crippen LogP contribution in [0.15, 0.2) is 48.5 Å². The van der Waals surface area contributed by atoms with Crippen molar-refractivity contribution >= 4 is 28.3 Å². The highest BCUT2D eigenvalue weighted by Gasteiger charge is 2.12. The fraction of sp³-hybridized carbons (Fsp3) is 0.238. The first-order chi connectivity index (χ1) is 14.1. The van der Waals surface area contributed by atoms with Gasteiger partial charge in [-0.25, -0.2) is 4.79 Å². The quantitative estimate of drug-likeness (QED) is 0.494. The monoisotopic (exact) mass is 411 g/mol. The molecular weight excluding hydrogens is 390 g/mol. The molecule has 7 nitrogen and oxygen atoms in total. The molecule has 0 aliphatic rings. The maximum atomic E-state index is 12.3. The molecular formula is C21H21N3O4S. The maximum absolute atomic E-state index is 12.3. The molecule has 0 fully saturated rings. The third kappa shape index (κ3) is 5.61. The molecule has 2 aromatic carbocycles. The second kappa shape index (κ2) is 9.79. The molecule has 1 aromatic heterocycles. The van der Waals surface area contributed by atoms with E-state index in [0.29, 0.717) is 22.3 Å². The average Bonchev–Trinajstić information content (AvgIpc) is 3.20. The fourth-order valence-electron chi connectivity index (χ4n) is 2.56. The number of rotatable bonds is 9. The Hall–Kier alpha value is -3.26. The van der Waals surface area contributed by atoms with Crippen molar-refractivity contribution < 1.29 is 19.4 Å². The van der Waals surface area contributed by atoms with Crippen LogP contribution in [0, 0.1) is 0 Å². The number of aromatic carboxylic acids is 1. The molecule has 0 bridgehead atoms. The third-order valence-corrected chi connectivity index (χ3v) is 5.05. The first kappa shape index (κ1) is 20.5. The summed E-state index contributed by atoms with van der Waals surface area (Å²) in [7, 11) is 0. The van der Waals surface area contributed by atoms with E-state index in [4.69, 9.17) is 9.84 Å². The number of carbonyl (C=O) groups excluding carboxylic acids is 1. The predicted molar refractivity (Wildman–Crippen MR) is 112 cm³/mol. The lowest BCUT2D eigenvalue weighted by atomic mass is 10.1. The van der Waals surface area contributed by atoms with Gasteiger partial charge in [0.05, 0.1) is 12.2 Å². The zero-order chi connectivity index (χ0) is 20.6. The molecule has 0 saturated carbocycles. The molecule has 0 saturated heterocycles. The molecule has 0 aliphatic heterocycles. The summed E-state index contributed by atoms with van der Waals surface area (Å²) in [6, 6.07) is 13.3. The van der Waals surface area contributed by atoms with Gasteiger partial charge in [0, 0.05) is 11.1 Å². The van der Waals surface area contributed by atoms with Crippen molar-refractivity contribution in [3.63, 3.8) is 0 Å². The summed E-state index contributed by atoms with van der Waals surface area (Å²) in [6.07, 6.45) is 3.35. The number of anilines is 1. The number of carboxylic acids is 1. The number of nitrogens with zero attached hydrogens (tertiary/aromatic N) is 2. The van der Waals surface area contributed by atoms with Crippen LogP contribution in [0.5, 0.6) is 5.75 Å². The predicted octanol–water partition coefficient (Wildman–Crippen LogP) is 4.72. The number of carbonyl (C=O) groups is 2. The van der Waals surface area contributed by atoms with Gasteiger partial charge in [0.2, 0.25) is 5.13 Å².